The number of amides is 1. The molecule has 2 unspecified atom stereocenters. The highest BCUT2D eigenvalue weighted by Crippen LogP contribution is 2.63. The summed E-state index contributed by atoms with van der Waals surface area (Å²) in [4.78, 5) is 24.8. The normalized spacial score (nSPS) is 28.0. The Morgan fingerprint density at radius 1 is 1.35 bits per heavy atom. The van der Waals surface area contributed by atoms with E-state index in [2.05, 4.69) is 36.4 Å². The number of hydrazone groups is 1. The van der Waals surface area contributed by atoms with Crippen molar-refractivity contribution < 1.29 is 4.79 Å². The fourth-order valence-corrected chi connectivity index (χ4v) is 4.64. The van der Waals surface area contributed by atoms with Crippen molar-refractivity contribution in [2.45, 2.75) is 46.6 Å². The van der Waals surface area contributed by atoms with E-state index in [-0.39, 0.29) is 28.8 Å². The minimum atomic E-state index is -0.327. The molecule has 136 valence electrons. The Kier molecular flexibility index (Phi) is 3.75. The summed E-state index contributed by atoms with van der Waals surface area (Å²) in [5, 5.41) is 9.86. The van der Waals surface area contributed by atoms with Gasteiger partial charge < -0.3 is 0 Å². The van der Waals surface area contributed by atoms with E-state index in [1.165, 1.54) is 11.1 Å². The summed E-state index contributed by atoms with van der Waals surface area (Å²) in [6, 6.07) is 7.23. The first-order valence-corrected chi connectivity index (χ1v) is 9.14. The van der Waals surface area contributed by atoms with Gasteiger partial charge in [0.2, 0.25) is 0 Å². The first-order chi connectivity index (χ1) is 12.3. The van der Waals surface area contributed by atoms with Gasteiger partial charge in [-0.1, -0.05) is 39.0 Å². The lowest BCUT2D eigenvalue weighted by Gasteiger charge is -2.34. The van der Waals surface area contributed by atoms with Gasteiger partial charge in [0, 0.05) is 16.5 Å². The maximum Gasteiger partial charge on any atom is 0.275 e. The van der Waals surface area contributed by atoms with Gasteiger partial charge in [-0.2, -0.15) is 10.2 Å². The summed E-state index contributed by atoms with van der Waals surface area (Å²) < 4.78 is 1.18. The molecule has 6 nitrogen and oxygen atoms in total. The molecule has 0 spiro atoms. The van der Waals surface area contributed by atoms with E-state index < -0.39 is 0 Å². The van der Waals surface area contributed by atoms with Gasteiger partial charge in [-0.15, -0.1) is 0 Å². The lowest BCUT2D eigenvalue weighted by Crippen LogP contribution is -2.35. The number of nitrogens with zero attached hydrogens (tertiary/aromatic N) is 3. The second-order valence-corrected chi connectivity index (χ2v) is 8.28. The number of carbonyl (C=O) groups is 1. The monoisotopic (exact) mass is 352 g/mol. The van der Waals surface area contributed by atoms with Crippen molar-refractivity contribution in [1.29, 1.82) is 0 Å². The van der Waals surface area contributed by atoms with Crippen LogP contribution in [0.1, 0.15) is 40.0 Å². The SMILES string of the molecule is CC12CCC(CC1=NNC(=O)Cn1ncc3ccccc3c1=O)C2(C)C. The smallest absolute Gasteiger partial charge is 0.271 e. The van der Waals surface area contributed by atoms with Crippen molar-refractivity contribution in [3.8, 4) is 0 Å². The van der Waals surface area contributed by atoms with Crippen molar-refractivity contribution in [2.24, 2.45) is 21.8 Å². The quantitative estimate of drug-likeness (QED) is 0.863. The molecule has 1 N–H and O–H groups in total. The number of rotatable bonds is 3. The van der Waals surface area contributed by atoms with Crippen LogP contribution in [0.4, 0.5) is 0 Å². The Hall–Kier alpha value is -2.50. The minimum Gasteiger partial charge on any atom is -0.271 e. The third-order valence-corrected chi connectivity index (χ3v) is 6.88. The van der Waals surface area contributed by atoms with E-state index >= 15 is 0 Å². The molecule has 2 fully saturated rings. The zero-order valence-electron chi connectivity index (χ0n) is 15.5. The van der Waals surface area contributed by atoms with Crippen LogP contribution in [0.2, 0.25) is 0 Å². The van der Waals surface area contributed by atoms with Gasteiger partial charge in [0.15, 0.2) is 0 Å². The molecule has 2 bridgehead atoms. The van der Waals surface area contributed by atoms with Crippen molar-refractivity contribution in [1.82, 2.24) is 15.2 Å². The van der Waals surface area contributed by atoms with Crippen LogP contribution in [-0.2, 0) is 11.3 Å². The molecule has 0 saturated heterocycles. The fraction of sp³-hybridized carbons (Fsp3) is 0.500. The summed E-state index contributed by atoms with van der Waals surface area (Å²) in [5.74, 6) is 0.305. The molecule has 4 rings (SSSR count). The number of fused-ring (bicyclic) bond motifs is 3. The fourth-order valence-electron chi connectivity index (χ4n) is 4.64. The van der Waals surface area contributed by atoms with Gasteiger partial charge in [0.05, 0.1) is 11.6 Å². The summed E-state index contributed by atoms with van der Waals surface area (Å²) in [7, 11) is 0. The van der Waals surface area contributed by atoms with Crippen LogP contribution in [0.25, 0.3) is 10.8 Å². The molecular formula is C20H24N4O2. The van der Waals surface area contributed by atoms with Crippen molar-refractivity contribution in [3.63, 3.8) is 0 Å². The number of carbonyl (C=O) groups excluding carboxylic acids is 1. The van der Waals surface area contributed by atoms with E-state index in [4.69, 9.17) is 0 Å². The maximum atomic E-state index is 12.4. The summed E-state index contributed by atoms with van der Waals surface area (Å²) in [5.41, 5.74) is 3.72. The second kappa shape index (κ2) is 5.76. The number of aromatic nitrogens is 2. The maximum absolute atomic E-state index is 12.4. The van der Waals surface area contributed by atoms with Crippen LogP contribution < -0.4 is 11.0 Å². The minimum absolute atomic E-state index is 0.0446. The van der Waals surface area contributed by atoms with Crippen molar-refractivity contribution >= 4 is 22.4 Å². The Labute approximate surface area is 152 Å². The zero-order chi connectivity index (χ0) is 18.5. The topological polar surface area (TPSA) is 76.3 Å². The molecule has 1 heterocycles. The molecule has 2 saturated carbocycles. The van der Waals surface area contributed by atoms with Crippen LogP contribution in [-0.4, -0.2) is 21.4 Å². The molecule has 1 aromatic heterocycles. The second-order valence-electron chi connectivity index (χ2n) is 8.28. The van der Waals surface area contributed by atoms with E-state index in [9.17, 15) is 9.59 Å². The van der Waals surface area contributed by atoms with Gasteiger partial charge in [-0.25, -0.2) is 10.1 Å². The summed E-state index contributed by atoms with van der Waals surface area (Å²) in [6.45, 7) is 6.71. The van der Waals surface area contributed by atoms with Gasteiger partial charge in [-0.3, -0.25) is 9.59 Å². The lowest BCUT2D eigenvalue weighted by molar-refractivity contribution is -0.121. The molecule has 6 heteroatoms. The van der Waals surface area contributed by atoms with E-state index in [0.717, 1.165) is 23.9 Å². The molecule has 2 atom stereocenters. The highest BCUT2D eigenvalue weighted by molar-refractivity contribution is 5.95. The van der Waals surface area contributed by atoms with Crippen LogP contribution in [0.3, 0.4) is 0 Å². The third kappa shape index (κ3) is 2.39. The van der Waals surface area contributed by atoms with Crippen molar-refractivity contribution in [2.75, 3.05) is 0 Å². The van der Waals surface area contributed by atoms with Crippen LogP contribution in [0.5, 0.6) is 0 Å². The predicted octanol–water partition coefficient (Wildman–Crippen LogP) is 2.71. The largest absolute Gasteiger partial charge is 0.275 e. The lowest BCUT2D eigenvalue weighted by atomic mass is 9.70. The van der Waals surface area contributed by atoms with Crippen LogP contribution >= 0.6 is 0 Å². The third-order valence-electron chi connectivity index (χ3n) is 6.88. The Bertz CT molecular complexity index is 975. The van der Waals surface area contributed by atoms with Gasteiger partial charge >= 0.3 is 0 Å². The zero-order valence-corrected chi connectivity index (χ0v) is 15.5. The molecule has 1 aromatic carbocycles. The average Bonchev–Trinajstić information content (AvgIpc) is 2.96. The highest BCUT2D eigenvalue weighted by atomic mass is 16.2. The number of hydrogen-bond donors (Lipinski definition) is 1. The predicted molar refractivity (Wildman–Crippen MR) is 101 cm³/mol. The Morgan fingerprint density at radius 3 is 2.81 bits per heavy atom. The molecule has 2 aromatic rings. The highest BCUT2D eigenvalue weighted by Gasteiger charge is 2.59. The standard InChI is InChI=1S/C20H24N4O2/c1-19(2)14-8-9-20(19,3)16(10-14)22-23-17(25)12-24-18(26)15-7-5-4-6-13(15)11-21-24/h4-7,11,14H,8-10,12H2,1-3H3,(H,23,25). The van der Waals surface area contributed by atoms with Crippen molar-refractivity contribution in [3.05, 3.63) is 40.8 Å². The first kappa shape index (κ1) is 16.9. The molecular weight excluding hydrogens is 328 g/mol. The number of hydrogen-bond acceptors (Lipinski definition) is 4. The molecule has 1 amide bonds. The molecule has 0 radical (unpaired) electrons. The molecule has 2 aliphatic rings. The van der Waals surface area contributed by atoms with E-state index in [1.807, 2.05) is 12.1 Å². The van der Waals surface area contributed by atoms with E-state index in [1.54, 1.807) is 18.3 Å². The number of benzene rings is 1. The Balaban J connectivity index is 1.51. The Morgan fingerprint density at radius 2 is 2.12 bits per heavy atom. The van der Waals surface area contributed by atoms with Gasteiger partial charge in [-0.05, 0) is 36.7 Å². The molecule has 2 aliphatic carbocycles. The summed E-state index contributed by atoms with van der Waals surface area (Å²) in [6.07, 6.45) is 4.89. The average molecular weight is 352 g/mol. The molecule has 0 aliphatic heterocycles. The van der Waals surface area contributed by atoms with Crippen LogP contribution in [0, 0.1) is 16.7 Å². The molecule has 26 heavy (non-hydrogen) atoms. The van der Waals surface area contributed by atoms with Gasteiger partial charge in [0.1, 0.15) is 6.54 Å². The van der Waals surface area contributed by atoms with E-state index in [0.29, 0.717) is 11.3 Å². The van der Waals surface area contributed by atoms with Crippen LogP contribution in [0.15, 0.2) is 40.4 Å². The van der Waals surface area contributed by atoms with Gasteiger partial charge in [0.25, 0.3) is 11.5 Å². The first-order valence-electron chi connectivity index (χ1n) is 9.14. The number of nitrogens with one attached hydrogen (secondary N) is 1. The summed E-state index contributed by atoms with van der Waals surface area (Å²) >= 11 is 0.